The summed E-state index contributed by atoms with van der Waals surface area (Å²) in [6, 6.07) is 3.73. The van der Waals surface area contributed by atoms with Crippen LogP contribution in [0.4, 0.5) is 0 Å². The molecular formula is C15H15NO4S. The van der Waals surface area contributed by atoms with Gasteiger partial charge in [0.25, 0.3) is 0 Å². The molecule has 1 aromatic carbocycles. The summed E-state index contributed by atoms with van der Waals surface area (Å²) >= 11 is 0. The van der Waals surface area contributed by atoms with E-state index >= 15 is 0 Å². The van der Waals surface area contributed by atoms with Crippen LogP contribution in [0.15, 0.2) is 12.1 Å². The number of aromatic carboxylic acids is 1. The van der Waals surface area contributed by atoms with Gasteiger partial charge in [-0.1, -0.05) is 6.07 Å². The van der Waals surface area contributed by atoms with Crippen LogP contribution in [0.2, 0.25) is 0 Å². The first-order chi connectivity index (χ1) is 9.78. The molecule has 1 aromatic heterocycles. The first-order valence-corrected chi connectivity index (χ1v) is 8.47. The number of nitrogens with zero attached hydrogens (tertiary/aromatic N) is 1. The summed E-state index contributed by atoms with van der Waals surface area (Å²) < 4.78 is 23.7. The Morgan fingerprint density at radius 1 is 1.29 bits per heavy atom. The lowest BCUT2D eigenvalue weighted by atomic mass is 9.95. The summed E-state index contributed by atoms with van der Waals surface area (Å²) in [6.45, 7) is 3.76. The smallest absolute Gasteiger partial charge is 0.336 e. The molecule has 0 unspecified atom stereocenters. The summed E-state index contributed by atoms with van der Waals surface area (Å²) in [5.41, 5.74) is 3.49. The average Bonchev–Trinajstić information content (AvgIpc) is 2.35. The van der Waals surface area contributed by atoms with Crippen LogP contribution < -0.4 is 0 Å². The Labute approximate surface area is 122 Å². The molecule has 0 amide bonds. The molecule has 3 rings (SSSR count). The predicted octanol–water partition coefficient (Wildman–Crippen LogP) is 2.02. The van der Waals surface area contributed by atoms with Crippen molar-refractivity contribution < 1.29 is 18.3 Å². The fourth-order valence-corrected chi connectivity index (χ4v) is 4.41. The van der Waals surface area contributed by atoms with Crippen molar-refractivity contribution in [1.29, 1.82) is 0 Å². The zero-order valence-corrected chi connectivity index (χ0v) is 12.6. The van der Waals surface area contributed by atoms with Crippen molar-refractivity contribution in [2.24, 2.45) is 0 Å². The van der Waals surface area contributed by atoms with E-state index in [4.69, 9.17) is 0 Å². The summed E-state index contributed by atoms with van der Waals surface area (Å²) in [7, 11) is -3.25. The summed E-state index contributed by atoms with van der Waals surface area (Å²) in [5, 5.41) is 10.1. The second-order valence-electron chi connectivity index (χ2n) is 5.54. The van der Waals surface area contributed by atoms with Crippen LogP contribution in [0.25, 0.3) is 10.9 Å². The molecule has 0 saturated carbocycles. The van der Waals surface area contributed by atoms with Crippen molar-refractivity contribution in [3.63, 3.8) is 0 Å². The van der Waals surface area contributed by atoms with E-state index in [1.807, 2.05) is 26.0 Å². The largest absolute Gasteiger partial charge is 0.478 e. The molecule has 2 aromatic rings. The number of carboxylic acids is 1. The van der Waals surface area contributed by atoms with Gasteiger partial charge >= 0.3 is 5.97 Å². The van der Waals surface area contributed by atoms with E-state index in [1.54, 1.807) is 0 Å². The molecule has 0 aliphatic carbocycles. The molecule has 110 valence electrons. The second-order valence-corrected chi connectivity index (χ2v) is 7.72. The lowest BCUT2D eigenvalue weighted by Gasteiger charge is -2.20. The zero-order valence-electron chi connectivity index (χ0n) is 11.8. The minimum atomic E-state index is -3.25. The molecule has 1 aliphatic heterocycles. The molecule has 0 atom stereocenters. The summed E-state index contributed by atoms with van der Waals surface area (Å²) in [6.07, 6.45) is 0.279. The number of hydrogen-bond donors (Lipinski definition) is 1. The molecule has 0 fully saturated rings. The average molecular weight is 305 g/mol. The lowest BCUT2D eigenvalue weighted by Crippen LogP contribution is -2.23. The Kier molecular flexibility index (Phi) is 3.02. The highest BCUT2D eigenvalue weighted by molar-refractivity contribution is 7.90. The van der Waals surface area contributed by atoms with Crippen molar-refractivity contribution in [3.05, 3.63) is 40.1 Å². The number of hydrogen-bond acceptors (Lipinski definition) is 4. The van der Waals surface area contributed by atoms with Gasteiger partial charge in [0.2, 0.25) is 0 Å². The maximum atomic E-state index is 11.8. The standard InChI is InChI=1S/C15H15NO4S/c1-8-5-9(2)13-12(6-8)16-11-3-4-21(19,20)7-10(11)14(13)15(17)18/h5-6H,3-4,7H2,1-2H3,(H,17,18). The number of rotatable bonds is 1. The summed E-state index contributed by atoms with van der Waals surface area (Å²) in [5.74, 6) is -1.30. The summed E-state index contributed by atoms with van der Waals surface area (Å²) in [4.78, 5) is 16.2. The Morgan fingerprint density at radius 3 is 2.67 bits per heavy atom. The molecule has 0 radical (unpaired) electrons. The molecule has 6 heteroatoms. The van der Waals surface area contributed by atoms with Crippen LogP contribution in [0, 0.1) is 13.8 Å². The van der Waals surface area contributed by atoms with Crippen molar-refractivity contribution in [1.82, 2.24) is 4.98 Å². The molecule has 1 aliphatic rings. The van der Waals surface area contributed by atoms with Gasteiger partial charge in [0.1, 0.15) is 0 Å². The van der Waals surface area contributed by atoms with Gasteiger partial charge in [0.05, 0.1) is 22.6 Å². The minimum absolute atomic E-state index is 0.0301. The maximum Gasteiger partial charge on any atom is 0.336 e. The number of aromatic nitrogens is 1. The van der Waals surface area contributed by atoms with E-state index < -0.39 is 15.8 Å². The number of pyridine rings is 1. The lowest BCUT2D eigenvalue weighted by molar-refractivity contribution is 0.0698. The normalized spacial score (nSPS) is 16.7. The SMILES string of the molecule is Cc1cc(C)c2c(C(=O)O)c3c(nc2c1)CCS(=O)(=O)C3. The van der Waals surface area contributed by atoms with Crippen LogP contribution in [0.1, 0.15) is 32.7 Å². The Balaban J connectivity index is 2.46. The van der Waals surface area contributed by atoms with Crippen molar-refractivity contribution >= 4 is 26.7 Å². The first-order valence-electron chi connectivity index (χ1n) is 6.65. The Morgan fingerprint density at radius 2 is 2.00 bits per heavy atom. The van der Waals surface area contributed by atoms with Crippen LogP contribution >= 0.6 is 0 Å². The van der Waals surface area contributed by atoms with Gasteiger partial charge in [0, 0.05) is 23.1 Å². The van der Waals surface area contributed by atoms with Crippen LogP contribution in [-0.4, -0.2) is 30.2 Å². The van der Waals surface area contributed by atoms with Gasteiger partial charge in [0.15, 0.2) is 9.84 Å². The van der Waals surface area contributed by atoms with Crippen molar-refractivity contribution in [2.75, 3.05) is 5.75 Å². The van der Waals surface area contributed by atoms with Crippen molar-refractivity contribution in [3.8, 4) is 0 Å². The van der Waals surface area contributed by atoms with Gasteiger partial charge in [-0.05, 0) is 31.0 Å². The molecule has 1 N–H and O–H groups in total. The van der Waals surface area contributed by atoms with E-state index in [-0.39, 0.29) is 23.5 Å². The first kappa shape index (κ1) is 14.0. The zero-order chi connectivity index (χ0) is 15.4. The van der Waals surface area contributed by atoms with E-state index in [1.165, 1.54) is 0 Å². The van der Waals surface area contributed by atoms with Gasteiger partial charge < -0.3 is 5.11 Å². The maximum absolute atomic E-state index is 11.8. The highest BCUT2D eigenvalue weighted by Crippen LogP contribution is 2.31. The predicted molar refractivity (Wildman–Crippen MR) is 79.4 cm³/mol. The van der Waals surface area contributed by atoms with E-state index in [0.717, 1.165) is 11.1 Å². The molecule has 0 saturated heterocycles. The molecule has 21 heavy (non-hydrogen) atoms. The third kappa shape index (κ3) is 2.29. The van der Waals surface area contributed by atoms with Gasteiger partial charge in [-0.15, -0.1) is 0 Å². The van der Waals surface area contributed by atoms with E-state index in [2.05, 4.69) is 4.98 Å². The topological polar surface area (TPSA) is 84.3 Å². The number of benzene rings is 1. The van der Waals surface area contributed by atoms with E-state index in [9.17, 15) is 18.3 Å². The highest BCUT2D eigenvalue weighted by atomic mass is 32.2. The molecular weight excluding hydrogens is 290 g/mol. The van der Waals surface area contributed by atoms with Crippen LogP contribution in [-0.2, 0) is 22.0 Å². The fraction of sp³-hybridized carbons (Fsp3) is 0.333. The monoisotopic (exact) mass is 305 g/mol. The van der Waals surface area contributed by atoms with Gasteiger partial charge in [-0.3, -0.25) is 4.98 Å². The third-order valence-corrected chi connectivity index (χ3v) is 5.40. The van der Waals surface area contributed by atoms with E-state index in [0.29, 0.717) is 22.2 Å². The molecule has 0 spiro atoms. The second kappa shape index (κ2) is 4.53. The number of aryl methyl sites for hydroxylation is 3. The minimum Gasteiger partial charge on any atom is -0.478 e. The van der Waals surface area contributed by atoms with Crippen LogP contribution in [0.5, 0.6) is 0 Å². The number of carboxylic acid groups (broad SMARTS) is 1. The quantitative estimate of drug-likeness (QED) is 0.871. The van der Waals surface area contributed by atoms with Crippen molar-refractivity contribution in [2.45, 2.75) is 26.0 Å². The highest BCUT2D eigenvalue weighted by Gasteiger charge is 2.29. The third-order valence-electron chi connectivity index (χ3n) is 3.84. The van der Waals surface area contributed by atoms with Crippen LogP contribution in [0.3, 0.4) is 0 Å². The molecule has 2 heterocycles. The van der Waals surface area contributed by atoms with Gasteiger partial charge in [-0.2, -0.15) is 0 Å². The number of fused-ring (bicyclic) bond motifs is 2. The number of sulfone groups is 1. The van der Waals surface area contributed by atoms with Gasteiger partial charge in [-0.25, -0.2) is 13.2 Å². The Bertz CT molecular complexity index is 884. The molecule has 0 bridgehead atoms. The Hall–Kier alpha value is -1.95. The molecule has 5 nitrogen and oxygen atoms in total. The number of carbonyl (C=O) groups is 1. The fourth-order valence-electron chi connectivity index (χ4n) is 3.01.